The second-order valence-corrected chi connectivity index (χ2v) is 5.37. The molecule has 2 N–H and O–H groups in total. The maximum atomic E-state index is 5.67. The Bertz CT molecular complexity index is 314. The van der Waals surface area contributed by atoms with Gasteiger partial charge in [0.05, 0.1) is 6.61 Å². The predicted octanol–water partition coefficient (Wildman–Crippen LogP) is 2.51. The van der Waals surface area contributed by atoms with Gasteiger partial charge in [-0.3, -0.25) is 4.90 Å². The van der Waals surface area contributed by atoms with Gasteiger partial charge in [-0.25, -0.2) is 0 Å². The van der Waals surface area contributed by atoms with E-state index in [0.29, 0.717) is 5.92 Å². The van der Waals surface area contributed by atoms with Crippen LogP contribution in [-0.2, 0) is 11.3 Å². The molecule has 0 aliphatic rings. The van der Waals surface area contributed by atoms with Crippen LogP contribution < -0.4 is 5.73 Å². The van der Waals surface area contributed by atoms with E-state index in [1.54, 1.807) is 0 Å². The van der Waals surface area contributed by atoms with E-state index in [1.165, 1.54) is 5.56 Å². The number of ether oxygens (including phenoxy) is 1. The molecule has 0 aliphatic carbocycles. The van der Waals surface area contributed by atoms with Gasteiger partial charge in [-0.05, 0) is 31.0 Å². The molecule has 0 atom stereocenters. The van der Waals surface area contributed by atoms with Crippen molar-refractivity contribution in [2.45, 2.75) is 26.8 Å². The van der Waals surface area contributed by atoms with Crippen molar-refractivity contribution in [3.63, 3.8) is 0 Å². The minimum atomic E-state index is 0.603. The largest absolute Gasteiger partial charge is 0.380 e. The van der Waals surface area contributed by atoms with Gasteiger partial charge in [-0.15, -0.1) is 0 Å². The summed E-state index contributed by atoms with van der Waals surface area (Å²) in [6.45, 7) is 9.74. The molecule has 0 heterocycles. The van der Waals surface area contributed by atoms with Gasteiger partial charge in [0.25, 0.3) is 0 Å². The molecule has 1 aromatic carbocycles. The van der Waals surface area contributed by atoms with Gasteiger partial charge >= 0.3 is 0 Å². The Labute approximate surface area is 117 Å². The van der Waals surface area contributed by atoms with Crippen LogP contribution in [0.2, 0.25) is 0 Å². The van der Waals surface area contributed by atoms with Gasteiger partial charge < -0.3 is 10.5 Å². The fraction of sp³-hybridized carbons (Fsp3) is 0.625. The van der Waals surface area contributed by atoms with E-state index >= 15 is 0 Å². The van der Waals surface area contributed by atoms with Crippen molar-refractivity contribution in [2.75, 3.05) is 32.8 Å². The van der Waals surface area contributed by atoms with Crippen LogP contribution in [0, 0.1) is 5.92 Å². The molecule has 0 aliphatic heterocycles. The highest BCUT2D eigenvalue weighted by Crippen LogP contribution is 2.05. The molecule has 0 aromatic heterocycles. The molecule has 3 nitrogen and oxygen atoms in total. The summed E-state index contributed by atoms with van der Waals surface area (Å²) >= 11 is 0. The van der Waals surface area contributed by atoms with E-state index in [0.717, 1.165) is 45.8 Å². The van der Waals surface area contributed by atoms with Gasteiger partial charge in [0.1, 0.15) is 0 Å². The Balaban J connectivity index is 2.34. The number of rotatable bonds is 10. The summed E-state index contributed by atoms with van der Waals surface area (Å²) in [6, 6.07) is 10.6. The first-order chi connectivity index (χ1) is 9.22. The molecule has 0 saturated carbocycles. The first-order valence-corrected chi connectivity index (χ1v) is 7.26. The van der Waals surface area contributed by atoms with Gasteiger partial charge in [0.2, 0.25) is 0 Å². The molecule has 0 unspecified atom stereocenters. The zero-order chi connectivity index (χ0) is 13.9. The van der Waals surface area contributed by atoms with Crippen molar-refractivity contribution >= 4 is 0 Å². The molecule has 0 saturated heterocycles. The second kappa shape index (κ2) is 9.96. The molecule has 0 fully saturated rings. The molecule has 19 heavy (non-hydrogen) atoms. The number of hydrogen-bond donors (Lipinski definition) is 1. The summed E-state index contributed by atoms with van der Waals surface area (Å²) in [5.41, 5.74) is 6.96. The highest BCUT2D eigenvalue weighted by molar-refractivity contribution is 5.14. The Hall–Kier alpha value is -0.900. The summed E-state index contributed by atoms with van der Waals surface area (Å²) < 4.78 is 5.67. The van der Waals surface area contributed by atoms with Gasteiger partial charge in [-0.2, -0.15) is 0 Å². The van der Waals surface area contributed by atoms with Crippen LogP contribution in [0.15, 0.2) is 30.3 Å². The Morgan fingerprint density at radius 3 is 2.53 bits per heavy atom. The SMILES string of the molecule is CC(C)COCCN(CCCN)Cc1ccccc1. The zero-order valence-corrected chi connectivity index (χ0v) is 12.3. The molecule has 3 heteroatoms. The summed E-state index contributed by atoms with van der Waals surface area (Å²) in [4.78, 5) is 2.42. The van der Waals surface area contributed by atoms with Gasteiger partial charge in [0.15, 0.2) is 0 Å². The van der Waals surface area contributed by atoms with Crippen molar-refractivity contribution in [1.29, 1.82) is 0 Å². The number of hydrogen-bond acceptors (Lipinski definition) is 3. The van der Waals surface area contributed by atoms with Crippen LogP contribution in [0.3, 0.4) is 0 Å². The Morgan fingerprint density at radius 1 is 1.16 bits per heavy atom. The van der Waals surface area contributed by atoms with Gasteiger partial charge in [-0.1, -0.05) is 44.2 Å². The second-order valence-electron chi connectivity index (χ2n) is 5.37. The minimum absolute atomic E-state index is 0.603. The minimum Gasteiger partial charge on any atom is -0.380 e. The smallest absolute Gasteiger partial charge is 0.0593 e. The predicted molar refractivity (Wildman–Crippen MR) is 81.0 cm³/mol. The molecule has 108 valence electrons. The molecular formula is C16H28N2O. The van der Waals surface area contributed by atoms with Gasteiger partial charge in [0, 0.05) is 19.7 Å². The summed E-state index contributed by atoms with van der Waals surface area (Å²) in [7, 11) is 0. The van der Waals surface area contributed by atoms with E-state index in [2.05, 4.69) is 49.1 Å². The lowest BCUT2D eigenvalue weighted by atomic mass is 10.2. The third-order valence-electron chi connectivity index (χ3n) is 2.93. The first-order valence-electron chi connectivity index (χ1n) is 7.26. The van der Waals surface area contributed by atoms with Crippen molar-refractivity contribution in [1.82, 2.24) is 4.90 Å². The summed E-state index contributed by atoms with van der Waals surface area (Å²) in [5, 5.41) is 0. The van der Waals surface area contributed by atoms with Crippen molar-refractivity contribution in [2.24, 2.45) is 11.7 Å². The van der Waals surface area contributed by atoms with Crippen LogP contribution in [0.5, 0.6) is 0 Å². The van der Waals surface area contributed by atoms with E-state index in [-0.39, 0.29) is 0 Å². The van der Waals surface area contributed by atoms with E-state index in [1.807, 2.05) is 0 Å². The molecular weight excluding hydrogens is 236 g/mol. The number of nitrogens with two attached hydrogens (primary N) is 1. The Kier molecular flexibility index (Phi) is 8.47. The monoisotopic (exact) mass is 264 g/mol. The third-order valence-corrected chi connectivity index (χ3v) is 2.93. The third kappa shape index (κ3) is 7.98. The summed E-state index contributed by atoms with van der Waals surface area (Å²) in [5.74, 6) is 0.603. The lowest BCUT2D eigenvalue weighted by molar-refractivity contribution is 0.0832. The highest BCUT2D eigenvalue weighted by atomic mass is 16.5. The number of nitrogens with zero attached hydrogens (tertiary/aromatic N) is 1. The van der Waals surface area contributed by atoms with Crippen LogP contribution in [0.25, 0.3) is 0 Å². The van der Waals surface area contributed by atoms with E-state index in [4.69, 9.17) is 10.5 Å². The maximum absolute atomic E-state index is 5.67. The molecule has 0 amide bonds. The topological polar surface area (TPSA) is 38.5 Å². The fourth-order valence-electron chi connectivity index (χ4n) is 1.94. The standard InChI is InChI=1S/C16H28N2O/c1-15(2)14-19-12-11-18(10-6-9-17)13-16-7-4-3-5-8-16/h3-5,7-8,15H,6,9-14,17H2,1-2H3. The number of benzene rings is 1. The first kappa shape index (κ1) is 16.2. The average Bonchev–Trinajstić information content (AvgIpc) is 2.41. The molecule has 1 aromatic rings. The normalized spacial score (nSPS) is 11.4. The molecule has 0 spiro atoms. The fourth-order valence-corrected chi connectivity index (χ4v) is 1.94. The van der Waals surface area contributed by atoms with Crippen molar-refractivity contribution in [3.05, 3.63) is 35.9 Å². The van der Waals surface area contributed by atoms with Crippen LogP contribution in [0.4, 0.5) is 0 Å². The van der Waals surface area contributed by atoms with E-state index < -0.39 is 0 Å². The molecule has 1 rings (SSSR count). The van der Waals surface area contributed by atoms with Crippen LogP contribution >= 0.6 is 0 Å². The maximum Gasteiger partial charge on any atom is 0.0593 e. The van der Waals surface area contributed by atoms with E-state index in [9.17, 15) is 0 Å². The lowest BCUT2D eigenvalue weighted by Gasteiger charge is -2.22. The van der Waals surface area contributed by atoms with Crippen molar-refractivity contribution in [3.8, 4) is 0 Å². The zero-order valence-electron chi connectivity index (χ0n) is 12.3. The summed E-state index contributed by atoms with van der Waals surface area (Å²) in [6.07, 6.45) is 1.04. The molecule has 0 radical (unpaired) electrons. The van der Waals surface area contributed by atoms with Crippen molar-refractivity contribution < 1.29 is 4.74 Å². The highest BCUT2D eigenvalue weighted by Gasteiger charge is 2.05. The lowest BCUT2D eigenvalue weighted by Crippen LogP contribution is -2.29. The molecule has 0 bridgehead atoms. The quantitative estimate of drug-likeness (QED) is 0.660. The van der Waals surface area contributed by atoms with Crippen LogP contribution in [-0.4, -0.2) is 37.7 Å². The Morgan fingerprint density at radius 2 is 1.89 bits per heavy atom. The average molecular weight is 264 g/mol. The van der Waals surface area contributed by atoms with Crippen LogP contribution in [0.1, 0.15) is 25.8 Å².